The lowest BCUT2D eigenvalue weighted by atomic mass is 10.1. The molecule has 9 nitrogen and oxygen atoms in total. The molecule has 0 spiro atoms. The van der Waals surface area contributed by atoms with Gasteiger partial charge in [-0.1, -0.05) is 0 Å². The monoisotopic (exact) mass is 280 g/mol. The highest BCUT2D eigenvalue weighted by molar-refractivity contribution is 5.86. The Morgan fingerprint density at radius 3 is 2.65 bits per heavy atom. The fourth-order valence-corrected chi connectivity index (χ4v) is 1.91. The number of aromatic nitrogens is 2. The molecule has 1 aromatic heterocycles. The SMILES string of the molecule is CN(CCO)c1cc2c(=O)[nH]c(=O)[nH]c2cc1[N+](=O)[O-]. The molecule has 0 radical (unpaired) electrons. The summed E-state index contributed by atoms with van der Waals surface area (Å²) >= 11 is 0. The largest absolute Gasteiger partial charge is 0.395 e. The number of hydrogen-bond donors (Lipinski definition) is 3. The van der Waals surface area contributed by atoms with Gasteiger partial charge in [-0.3, -0.25) is 19.9 Å². The lowest BCUT2D eigenvalue weighted by Gasteiger charge is -2.18. The van der Waals surface area contributed by atoms with Crippen LogP contribution in [0.4, 0.5) is 11.4 Å². The van der Waals surface area contributed by atoms with E-state index in [2.05, 4.69) is 9.97 Å². The normalized spacial score (nSPS) is 10.7. The fraction of sp³-hybridized carbons (Fsp3) is 0.273. The Kier molecular flexibility index (Phi) is 3.53. The van der Waals surface area contributed by atoms with Crippen LogP contribution < -0.4 is 16.1 Å². The van der Waals surface area contributed by atoms with Crippen molar-refractivity contribution in [2.75, 3.05) is 25.1 Å². The average molecular weight is 280 g/mol. The van der Waals surface area contributed by atoms with Gasteiger partial charge in [-0.2, -0.15) is 0 Å². The Morgan fingerprint density at radius 2 is 2.05 bits per heavy atom. The van der Waals surface area contributed by atoms with Crippen molar-refractivity contribution >= 4 is 22.3 Å². The van der Waals surface area contributed by atoms with Crippen LogP contribution in [-0.4, -0.2) is 40.2 Å². The van der Waals surface area contributed by atoms with E-state index < -0.39 is 16.2 Å². The summed E-state index contributed by atoms with van der Waals surface area (Å²) in [6.07, 6.45) is 0. The number of H-pyrrole nitrogens is 2. The second-order valence-electron chi connectivity index (χ2n) is 4.20. The first kappa shape index (κ1) is 13.7. The Labute approximate surface area is 111 Å². The summed E-state index contributed by atoms with van der Waals surface area (Å²) in [4.78, 5) is 39.2. The molecule has 0 saturated heterocycles. The van der Waals surface area contributed by atoms with Gasteiger partial charge in [-0.05, 0) is 6.07 Å². The molecule has 1 aromatic carbocycles. The van der Waals surface area contributed by atoms with Crippen molar-refractivity contribution in [2.45, 2.75) is 0 Å². The van der Waals surface area contributed by atoms with Crippen LogP contribution in [0.25, 0.3) is 10.9 Å². The molecule has 9 heteroatoms. The smallest absolute Gasteiger partial charge is 0.326 e. The third-order valence-corrected chi connectivity index (χ3v) is 2.88. The van der Waals surface area contributed by atoms with E-state index in [9.17, 15) is 19.7 Å². The van der Waals surface area contributed by atoms with Gasteiger partial charge in [0.2, 0.25) is 0 Å². The highest BCUT2D eigenvalue weighted by Gasteiger charge is 2.19. The first-order chi connectivity index (χ1) is 9.43. The van der Waals surface area contributed by atoms with E-state index in [4.69, 9.17) is 5.11 Å². The Bertz CT molecular complexity index is 778. The average Bonchev–Trinajstić information content (AvgIpc) is 2.37. The van der Waals surface area contributed by atoms with Crippen LogP contribution in [0.3, 0.4) is 0 Å². The number of aliphatic hydroxyl groups excluding tert-OH is 1. The molecule has 20 heavy (non-hydrogen) atoms. The Balaban J connectivity index is 2.79. The zero-order valence-corrected chi connectivity index (χ0v) is 10.5. The molecular weight excluding hydrogens is 268 g/mol. The van der Waals surface area contributed by atoms with E-state index in [-0.39, 0.29) is 35.4 Å². The van der Waals surface area contributed by atoms with Crippen LogP contribution in [0.15, 0.2) is 21.7 Å². The number of fused-ring (bicyclic) bond motifs is 1. The van der Waals surface area contributed by atoms with Crippen LogP contribution in [0.2, 0.25) is 0 Å². The minimum absolute atomic E-state index is 0.0894. The molecule has 0 aliphatic rings. The Morgan fingerprint density at radius 1 is 1.35 bits per heavy atom. The van der Waals surface area contributed by atoms with Gasteiger partial charge in [0.1, 0.15) is 5.69 Å². The van der Waals surface area contributed by atoms with Crippen molar-refractivity contribution in [2.24, 2.45) is 0 Å². The van der Waals surface area contributed by atoms with Crippen LogP contribution in [-0.2, 0) is 0 Å². The molecule has 2 rings (SSSR count). The Hall–Kier alpha value is -2.68. The van der Waals surface area contributed by atoms with Crippen molar-refractivity contribution in [3.05, 3.63) is 43.1 Å². The maximum atomic E-state index is 11.7. The van der Waals surface area contributed by atoms with Crippen molar-refractivity contribution in [1.82, 2.24) is 9.97 Å². The fourth-order valence-electron chi connectivity index (χ4n) is 1.91. The van der Waals surface area contributed by atoms with Gasteiger partial charge in [0.15, 0.2) is 0 Å². The second kappa shape index (κ2) is 5.13. The number of nitrogens with one attached hydrogen (secondary N) is 2. The zero-order valence-electron chi connectivity index (χ0n) is 10.5. The van der Waals surface area contributed by atoms with E-state index in [1.807, 2.05) is 0 Å². The number of benzene rings is 1. The summed E-state index contributed by atoms with van der Waals surface area (Å²) in [5, 5.41) is 20.1. The molecule has 0 saturated carbocycles. The van der Waals surface area contributed by atoms with Gasteiger partial charge in [-0.15, -0.1) is 0 Å². The van der Waals surface area contributed by atoms with E-state index in [1.165, 1.54) is 11.0 Å². The number of rotatable bonds is 4. The molecule has 0 aliphatic carbocycles. The number of aliphatic hydroxyl groups is 1. The maximum absolute atomic E-state index is 11.7. The summed E-state index contributed by atoms with van der Waals surface area (Å²) in [6.45, 7) is -0.0126. The number of nitro benzene ring substituents is 1. The third-order valence-electron chi connectivity index (χ3n) is 2.88. The molecule has 0 amide bonds. The van der Waals surface area contributed by atoms with Gasteiger partial charge >= 0.3 is 5.69 Å². The third kappa shape index (κ3) is 2.38. The molecule has 0 unspecified atom stereocenters. The van der Waals surface area contributed by atoms with E-state index in [1.54, 1.807) is 7.05 Å². The molecule has 1 heterocycles. The number of likely N-dealkylation sites (N-methyl/N-ethyl adjacent to an activating group) is 1. The van der Waals surface area contributed by atoms with Gasteiger partial charge in [-0.25, -0.2) is 4.79 Å². The van der Waals surface area contributed by atoms with Gasteiger partial charge in [0, 0.05) is 19.7 Å². The van der Waals surface area contributed by atoms with Gasteiger partial charge < -0.3 is 15.0 Å². The van der Waals surface area contributed by atoms with Crippen LogP contribution >= 0.6 is 0 Å². The molecule has 0 atom stereocenters. The number of nitro groups is 1. The molecule has 2 aromatic rings. The summed E-state index contributed by atoms with van der Waals surface area (Å²) < 4.78 is 0. The second-order valence-corrected chi connectivity index (χ2v) is 4.20. The molecule has 0 bridgehead atoms. The summed E-state index contributed by atoms with van der Waals surface area (Å²) in [6, 6.07) is 2.45. The molecule has 0 aliphatic heterocycles. The van der Waals surface area contributed by atoms with Gasteiger partial charge in [0.05, 0.1) is 22.4 Å². The zero-order chi connectivity index (χ0) is 14.9. The quantitative estimate of drug-likeness (QED) is 0.513. The lowest BCUT2D eigenvalue weighted by molar-refractivity contribution is -0.384. The first-order valence-corrected chi connectivity index (χ1v) is 5.70. The predicted octanol–water partition coefficient (Wildman–Crippen LogP) is -0.447. The summed E-state index contributed by atoms with van der Waals surface area (Å²) in [5.41, 5.74) is -1.33. The van der Waals surface area contributed by atoms with Crippen molar-refractivity contribution in [1.29, 1.82) is 0 Å². The van der Waals surface area contributed by atoms with Crippen molar-refractivity contribution < 1.29 is 10.0 Å². The summed E-state index contributed by atoms with van der Waals surface area (Å²) in [7, 11) is 1.56. The highest BCUT2D eigenvalue weighted by Crippen LogP contribution is 2.30. The van der Waals surface area contributed by atoms with E-state index in [0.717, 1.165) is 6.07 Å². The lowest BCUT2D eigenvalue weighted by Crippen LogP contribution is -2.24. The standard InChI is InChI=1S/C11H12N4O5/c1-14(2-3-16)8-4-6-7(5-9(8)15(19)20)12-11(18)13-10(6)17/h4-5,16H,2-3H2,1H3,(H2,12,13,17,18). The minimum atomic E-state index is -0.728. The van der Waals surface area contributed by atoms with Crippen LogP contribution in [0, 0.1) is 10.1 Å². The molecule has 0 fully saturated rings. The topological polar surface area (TPSA) is 132 Å². The number of aromatic amines is 2. The molecule has 106 valence electrons. The van der Waals surface area contributed by atoms with Crippen LogP contribution in [0.1, 0.15) is 0 Å². The first-order valence-electron chi connectivity index (χ1n) is 5.70. The number of hydrogen-bond acceptors (Lipinski definition) is 6. The number of nitrogens with zero attached hydrogens (tertiary/aromatic N) is 2. The molecule has 3 N–H and O–H groups in total. The maximum Gasteiger partial charge on any atom is 0.326 e. The highest BCUT2D eigenvalue weighted by atomic mass is 16.6. The minimum Gasteiger partial charge on any atom is -0.395 e. The molecular formula is C11H12N4O5. The summed E-state index contributed by atoms with van der Waals surface area (Å²) in [5.74, 6) is 0. The van der Waals surface area contributed by atoms with E-state index in [0.29, 0.717) is 0 Å². The van der Waals surface area contributed by atoms with Gasteiger partial charge in [0.25, 0.3) is 11.2 Å². The predicted molar refractivity (Wildman–Crippen MR) is 72.2 cm³/mol. The van der Waals surface area contributed by atoms with Crippen molar-refractivity contribution in [3.63, 3.8) is 0 Å². The number of anilines is 1. The van der Waals surface area contributed by atoms with E-state index >= 15 is 0 Å². The van der Waals surface area contributed by atoms with Crippen LogP contribution in [0.5, 0.6) is 0 Å². The van der Waals surface area contributed by atoms with Crippen molar-refractivity contribution in [3.8, 4) is 0 Å².